The Morgan fingerprint density at radius 2 is 1.00 bits per heavy atom. The summed E-state index contributed by atoms with van der Waals surface area (Å²) in [7, 11) is 0. The Hall–Kier alpha value is 2.45. The van der Waals surface area contributed by atoms with Gasteiger partial charge in [-0.1, -0.05) is 0 Å². The standard InChI is InChI=1S/Co.Fe.Ni.H2S.V/h;;;1H2;. The van der Waals surface area contributed by atoms with E-state index < -0.39 is 0 Å². The molecule has 0 bridgehead atoms. The van der Waals surface area contributed by atoms with Crippen molar-refractivity contribution >= 4 is 13.5 Å². The van der Waals surface area contributed by atoms with Crippen molar-refractivity contribution in [3.05, 3.63) is 0 Å². The largest absolute Gasteiger partial charge is 0.197 e. The normalized spacial score (nSPS) is 0. The monoisotopic (exact) mass is 258 g/mol. The average molecular weight is 258 g/mol. The third-order valence-electron chi connectivity index (χ3n) is 0. The van der Waals surface area contributed by atoms with Gasteiger partial charge in [-0.25, -0.2) is 0 Å². The van der Waals surface area contributed by atoms with E-state index in [1.165, 1.54) is 0 Å². The average Bonchev–Trinajstić information content (AvgIpc) is 0. The summed E-state index contributed by atoms with van der Waals surface area (Å²) in [6.45, 7) is 0. The Morgan fingerprint density at radius 3 is 1.00 bits per heavy atom. The van der Waals surface area contributed by atoms with Crippen molar-refractivity contribution < 1.29 is 68.9 Å². The maximum Gasteiger partial charge on any atom is 0 e. The molecular weight excluding hydrogens is 256 g/mol. The minimum absolute atomic E-state index is 0. The van der Waals surface area contributed by atoms with Crippen LogP contribution in [0, 0.1) is 0 Å². The molecule has 5 heavy (non-hydrogen) atoms. The first-order valence-corrected chi connectivity index (χ1v) is 0. The predicted molar refractivity (Wildman–Crippen MR) is 10.4 cm³/mol. The van der Waals surface area contributed by atoms with Gasteiger partial charge in [0, 0.05) is 68.9 Å². The Bertz CT molecular complexity index is 11.6. The molecule has 0 rings (SSSR count). The molecular formula is H2CoFeNiSV. The van der Waals surface area contributed by atoms with Crippen LogP contribution in [0.5, 0.6) is 0 Å². The molecule has 0 aromatic rings. The van der Waals surface area contributed by atoms with Crippen LogP contribution in [0.4, 0.5) is 0 Å². The molecule has 0 saturated heterocycles. The minimum atomic E-state index is 0. The van der Waals surface area contributed by atoms with E-state index in [1.807, 2.05) is 0 Å². The van der Waals surface area contributed by atoms with Crippen LogP contribution >= 0.6 is 13.5 Å². The molecule has 0 heterocycles. The first-order chi connectivity index (χ1) is 0. The number of hydrogen-bond donors (Lipinski definition) is 0. The molecule has 0 aromatic carbocycles. The van der Waals surface area contributed by atoms with Crippen molar-refractivity contribution in [2.45, 2.75) is 0 Å². The topological polar surface area (TPSA) is 0 Å². The van der Waals surface area contributed by atoms with Crippen LogP contribution in [0.1, 0.15) is 0 Å². The summed E-state index contributed by atoms with van der Waals surface area (Å²) >= 11 is 0. The molecule has 0 aliphatic heterocycles. The second-order valence-electron chi connectivity index (χ2n) is 0. The van der Waals surface area contributed by atoms with Gasteiger partial charge in [0.1, 0.15) is 0 Å². The van der Waals surface area contributed by atoms with Crippen LogP contribution in [0.15, 0.2) is 0 Å². The van der Waals surface area contributed by atoms with E-state index >= 15 is 0 Å². The van der Waals surface area contributed by atoms with E-state index in [0.717, 1.165) is 0 Å². The van der Waals surface area contributed by atoms with Crippen LogP contribution in [0.2, 0.25) is 0 Å². The third kappa shape index (κ3) is 21.3. The van der Waals surface area contributed by atoms with Gasteiger partial charge in [-0.3, -0.25) is 0 Å². The second kappa shape index (κ2) is 31.9. The predicted octanol–water partition coefficient (Wildman–Crippen LogP) is 0.103. The van der Waals surface area contributed by atoms with Crippen LogP contribution < -0.4 is 0 Å². The van der Waals surface area contributed by atoms with Gasteiger partial charge in [-0.2, -0.15) is 13.5 Å². The van der Waals surface area contributed by atoms with E-state index in [-0.39, 0.29) is 82.4 Å². The van der Waals surface area contributed by atoms with Crippen molar-refractivity contribution in [1.82, 2.24) is 0 Å². The molecule has 0 amide bonds. The summed E-state index contributed by atoms with van der Waals surface area (Å²) in [5, 5.41) is 0. The van der Waals surface area contributed by atoms with Crippen molar-refractivity contribution in [3.63, 3.8) is 0 Å². The van der Waals surface area contributed by atoms with Crippen molar-refractivity contribution in [3.8, 4) is 0 Å². The third-order valence-corrected chi connectivity index (χ3v) is 0. The summed E-state index contributed by atoms with van der Waals surface area (Å²) in [5.41, 5.74) is 0. The van der Waals surface area contributed by atoms with Crippen LogP contribution in [0.25, 0.3) is 0 Å². The Morgan fingerprint density at radius 1 is 1.00 bits per heavy atom. The summed E-state index contributed by atoms with van der Waals surface area (Å²) in [4.78, 5) is 0. The Kier molecular flexibility index (Phi) is 329. The molecule has 0 fully saturated rings. The SMILES string of the molecule is S.[Co].[Fe].[Ni].[V]. The van der Waals surface area contributed by atoms with Gasteiger partial charge in [-0.15, -0.1) is 0 Å². The summed E-state index contributed by atoms with van der Waals surface area (Å²) in [5.74, 6) is 0. The molecule has 5 heteroatoms. The smallest absolute Gasteiger partial charge is 0 e. The maximum absolute atomic E-state index is 0. The fraction of sp³-hybridized carbons (Fsp3) is 0. The first-order valence-electron chi connectivity index (χ1n) is 0. The van der Waals surface area contributed by atoms with Gasteiger partial charge in [-0.05, 0) is 0 Å². The zero-order chi connectivity index (χ0) is 0. The van der Waals surface area contributed by atoms with Gasteiger partial charge >= 0.3 is 0 Å². The Labute approximate surface area is 81.5 Å². The fourth-order valence-electron chi connectivity index (χ4n) is 0. The maximum atomic E-state index is 0. The molecule has 0 nitrogen and oxygen atoms in total. The van der Waals surface area contributed by atoms with Crippen molar-refractivity contribution in [1.29, 1.82) is 0 Å². The molecule has 0 spiro atoms. The Balaban J connectivity index is 0. The van der Waals surface area contributed by atoms with Crippen LogP contribution in [-0.2, 0) is 68.9 Å². The van der Waals surface area contributed by atoms with Gasteiger partial charge in [0.2, 0.25) is 0 Å². The van der Waals surface area contributed by atoms with E-state index in [0.29, 0.717) is 0 Å². The fourth-order valence-corrected chi connectivity index (χ4v) is 0. The molecule has 0 N–H and O–H groups in total. The summed E-state index contributed by atoms with van der Waals surface area (Å²) < 4.78 is 0. The number of hydrogen-bond acceptors (Lipinski definition) is 0. The first kappa shape index (κ1) is 51.6. The molecule has 0 aliphatic rings. The van der Waals surface area contributed by atoms with Gasteiger partial charge in [0.25, 0.3) is 0 Å². The molecule has 0 atom stereocenters. The molecule has 0 unspecified atom stereocenters. The quantitative estimate of drug-likeness (QED) is 0.541. The summed E-state index contributed by atoms with van der Waals surface area (Å²) in [6.07, 6.45) is 0. The van der Waals surface area contributed by atoms with Gasteiger partial charge in [0.05, 0.1) is 0 Å². The molecule has 0 saturated carbocycles. The molecule has 0 aromatic heterocycles. The van der Waals surface area contributed by atoms with E-state index in [2.05, 4.69) is 0 Å². The minimum Gasteiger partial charge on any atom is -0.197 e. The van der Waals surface area contributed by atoms with E-state index in [1.54, 1.807) is 0 Å². The number of rotatable bonds is 0. The van der Waals surface area contributed by atoms with Crippen molar-refractivity contribution in [2.75, 3.05) is 0 Å². The molecule has 40 valence electrons. The zero-order valence-corrected chi connectivity index (χ0v) is 7.48. The van der Waals surface area contributed by atoms with E-state index in [9.17, 15) is 0 Å². The molecule has 2 radical (unpaired) electrons. The summed E-state index contributed by atoms with van der Waals surface area (Å²) in [6, 6.07) is 0. The van der Waals surface area contributed by atoms with Gasteiger partial charge < -0.3 is 0 Å². The molecule has 0 aliphatic carbocycles. The zero-order valence-electron chi connectivity index (χ0n) is 1.95. The second-order valence-corrected chi connectivity index (χ2v) is 0. The van der Waals surface area contributed by atoms with Crippen molar-refractivity contribution in [2.24, 2.45) is 0 Å². The van der Waals surface area contributed by atoms with Crippen LogP contribution in [0.3, 0.4) is 0 Å². The van der Waals surface area contributed by atoms with E-state index in [4.69, 9.17) is 0 Å². The van der Waals surface area contributed by atoms with Gasteiger partial charge in [0.15, 0.2) is 0 Å². The van der Waals surface area contributed by atoms with Crippen LogP contribution in [-0.4, -0.2) is 0 Å².